The number of carboxylic acid groups (broad SMARTS) is 1. The van der Waals surface area contributed by atoms with Crippen molar-refractivity contribution < 1.29 is 14.7 Å². The predicted molar refractivity (Wildman–Crippen MR) is 68.9 cm³/mol. The van der Waals surface area contributed by atoms with Crippen LogP contribution in [0.25, 0.3) is 0 Å². The van der Waals surface area contributed by atoms with E-state index >= 15 is 0 Å². The number of ketones is 1. The van der Waals surface area contributed by atoms with E-state index in [0.29, 0.717) is 14.2 Å². The largest absolute Gasteiger partial charge is 0.478 e. The average molecular weight is 311 g/mol. The second-order valence-electron chi connectivity index (χ2n) is 3.30. The highest BCUT2D eigenvalue weighted by Gasteiger charge is 2.18. The van der Waals surface area contributed by atoms with Crippen molar-refractivity contribution >= 4 is 39.0 Å². The summed E-state index contributed by atoms with van der Waals surface area (Å²) in [5.41, 5.74) is 0.674. The van der Waals surface area contributed by atoms with Gasteiger partial charge in [0.1, 0.15) is 0 Å². The molecule has 0 aliphatic carbocycles. The number of thiophene rings is 1. The van der Waals surface area contributed by atoms with Gasteiger partial charge in [-0.2, -0.15) is 0 Å². The first kappa shape index (κ1) is 12.0. The van der Waals surface area contributed by atoms with E-state index in [0.717, 1.165) is 11.3 Å². The summed E-state index contributed by atoms with van der Waals surface area (Å²) in [6.45, 7) is 0. The molecule has 0 aliphatic heterocycles. The van der Waals surface area contributed by atoms with Crippen LogP contribution in [-0.4, -0.2) is 16.9 Å². The van der Waals surface area contributed by atoms with E-state index in [9.17, 15) is 9.59 Å². The minimum atomic E-state index is -1.04. The molecule has 2 aromatic rings. The second kappa shape index (κ2) is 4.81. The van der Waals surface area contributed by atoms with Crippen LogP contribution in [0.3, 0.4) is 0 Å². The van der Waals surface area contributed by atoms with E-state index in [-0.39, 0.29) is 11.3 Å². The molecule has 0 atom stereocenters. The van der Waals surface area contributed by atoms with Crippen LogP contribution >= 0.6 is 27.3 Å². The lowest BCUT2D eigenvalue weighted by Crippen LogP contribution is -1.98. The Kier molecular flexibility index (Phi) is 3.40. The van der Waals surface area contributed by atoms with Crippen LogP contribution in [0.15, 0.2) is 40.2 Å². The highest BCUT2D eigenvalue weighted by Crippen LogP contribution is 2.29. The molecule has 5 heteroatoms. The van der Waals surface area contributed by atoms with Gasteiger partial charge in [0.15, 0.2) is 0 Å². The Morgan fingerprint density at radius 3 is 2.35 bits per heavy atom. The lowest BCUT2D eigenvalue weighted by molar-refractivity contribution is 0.0696. The van der Waals surface area contributed by atoms with Gasteiger partial charge < -0.3 is 5.11 Å². The van der Waals surface area contributed by atoms with Crippen LogP contribution in [0.1, 0.15) is 25.6 Å². The summed E-state index contributed by atoms with van der Waals surface area (Å²) in [5.74, 6) is -1.20. The Morgan fingerprint density at radius 1 is 1.18 bits per heavy atom. The van der Waals surface area contributed by atoms with Gasteiger partial charge in [0.25, 0.3) is 0 Å². The van der Waals surface area contributed by atoms with Gasteiger partial charge in [-0.3, -0.25) is 4.79 Å². The number of rotatable bonds is 3. The zero-order chi connectivity index (χ0) is 12.4. The fourth-order valence-electron chi connectivity index (χ4n) is 1.36. The molecule has 1 N–H and O–H groups in total. The second-order valence-corrected chi connectivity index (χ2v) is 5.67. The maximum atomic E-state index is 12.0. The van der Waals surface area contributed by atoms with Gasteiger partial charge in [-0.1, -0.05) is 30.3 Å². The van der Waals surface area contributed by atoms with Gasteiger partial charge >= 0.3 is 5.97 Å². The van der Waals surface area contributed by atoms with Crippen molar-refractivity contribution in [2.75, 3.05) is 0 Å². The zero-order valence-corrected chi connectivity index (χ0v) is 10.9. The number of hydrogen-bond donors (Lipinski definition) is 1. The summed E-state index contributed by atoms with van der Waals surface area (Å²) in [5, 5.41) is 8.90. The van der Waals surface area contributed by atoms with Gasteiger partial charge in [0.05, 0.1) is 14.2 Å². The van der Waals surface area contributed by atoms with Gasteiger partial charge in [-0.05, 0) is 22.0 Å². The van der Waals surface area contributed by atoms with Crippen LogP contribution in [0.4, 0.5) is 0 Å². The number of halogens is 1. The lowest BCUT2D eigenvalue weighted by Gasteiger charge is -1.95. The molecule has 1 heterocycles. The van der Waals surface area contributed by atoms with Gasteiger partial charge in [-0.15, -0.1) is 11.3 Å². The van der Waals surface area contributed by atoms with E-state index in [1.165, 1.54) is 6.07 Å². The monoisotopic (exact) mass is 310 g/mol. The number of hydrogen-bond acceptors (Lipinski definition) is 3. The van der Waals surface area contributed by atoms with Crippen LogP contribution in [0.2, 0.25) is 0 Å². The minimum Gasteiger partial charge on any atom is -0.478 e. The average Bonchev–Trinajstić information content (AvgIpc) is 2.71. The fourth-order valence-corrected chi connectivity index (χ4v) is 3.00. The zero-order valence-electron chi connectivity index (χ0n) is 8.51. The molecule has 17 heavy (non-hydrogen) atoms. The van der Waals surface area contributed by atoms with Crippen molar-refractivity contribution in [1.82, 2.24) is 0 Å². The number of aromatic carboxylic acids is 1. The van der Waals surface area contributed by atoms with Crippen LogP contribution in [-0.2, 0) is 0 Å². The first-order chi connectivity index (χ1) is 8.09. The molecule has 0 unspecified atom stereocenters. The van der Waals surface area contributed by atoms with Crippen molar-refractivity contribution in [3.8, 4) is 0 Å². The smallest absolute Gasteiger partial charge is 0.337 e. The molecular weight excluding hydrogens is 304 g/mol. The molecule has 2 rings (SSSR count). The molecule has 1 aromatic heterocycles. The predicted octanol–water partition coefficient (Wildman–Crippen LogP) is 3.44. The molecule has 0 bridgehead atoms. The summed E-state index contributed by atoms with van der Waals surface area (Å²) in [4.78, 5) is 23.3. The SMILES string of the molecule is O=C(c1ccccc1)c1cc(C(=O)O)c(Br)s1. The van der Waals surface area contributed by atoms with Gasteiger partial charge in [0, 0.05) is 5.56 Å². The molecule has 0 saturated heterocycles. The molecule has 0 radical (unpaired) electrons. The number of carboxylic acids is 1. The molecule has 1 aromatic carbocycles. The Hall–Kier alpha value is -1.46. The van der Waals surface area contributed by atoms with Crippen molar-refractivity contribution in [2.45, 2.75) is 0 Å². The maximum Gasteiger partial charge on any atom is 0.337 e. The van der Waals surface area contributed by atoms with Crippen molar-refractivity contribution in [3.63, 3.8) is 0 Å². The highest BCUT2D eigenvalue weighted by atomic mass is 79.9. The molecule has 3 nitrogen and oxygen atoms in total. The van der Waals surface area contributed by atoms with E-state index in [4.69, 9.17) is 5.11 Å². The molecular formula is C12H7BrO3S. The third kappa shape index (κ3) is 2.45. The number of carbonyl (C=O) groups excluding carboxylic acids is 1. The summed E-state index contributed by atoms with van der Waals surface area (Å²) >= 11 is 4.28. The maximum absolute atomic E-state index is 12.0. The third-order valence-electron chi connectivity index (χ3n) is 2.18. The summed E-state index contributed by atoms with van der Waals surface area (Å²) in [7, 11) is 0. The Bertz CT molecular complexity index is 575. The Balaban J connectivity index is 2.39. The van der Waals surface area contributed by atoms with Crippen molar-refractivity contribution in [3.05, 3.63) is 56.2 Å². The molecule has 86 valence electrons. The topological polar surface area (TPSA) is 54.4 Å². The van der Waals surface area contributed by atoms with E-state index in [2.05, 4.69) is 15.9 Å². The summed E-state index contributed by atoms with van der Waals surface area (Å²) < 4.78 is 0.462. The first-order valence-corrected chi connectivity index (χ1v) is 6.33. The fraction of sp³-hybridized carbons (Fsp3) is 0. The Morgan fingerprint density at radius 2 is 1.82 bits per heavy atom. The third-order valence-corrected chi connectivity index (χ3v) is 4.01. The van der Waals surface area contributed by atoms with Gasteiger partial charge in [0.2, 0.25) is 5.78 Å². The van der Waals surface area contributed by atoms with E-state index < -0.39 is 5.97 Å². The number of benzene rings is 1. The Labute approximate surface area is 110 Å². The quantitative estimate of drug-likeness (QED) is 0.884. The molecule has 0 spiro atoms. The van der Waals surface area contributed by atoms with Gasteiger partial charge in [-0.25, -0.2) is 4.79 Å². The summed E-state index contributed by atoms with van der Waals surface area (Å²) in [6, 6.07) is 10.2. The number of carbonyl (C=O) groups is 2. The van der Waals surface area contributed by atoms with Crippen LogP contribution in [0.5, 0.6) is 0 Å². The van der Waals surface area contributed by atoms with Crippen molar-refractivity contribution in [2.24, 2.45) is 0 Å². The standard InChI is InChI=1S/C12H7BrO3S/c13-11-8(12(15)16)6-9(17-11)10(14)7-4-2-1-3-5-7/h1-6H,(H,15,16). The molecule has 0 amide bonds. The van der Waals surface area contributed by atoms with E-state index in [1.807, 2.05) is 6.07 Å². The van der Waals surface area contributed by atoms with E-state index in [1.54, 1.807) is 24.3 Å². The molecule has 0 saturated carbocycles. The molecule has 0 aliphatic rings. The first-order valence-electron chi connectivity index (χ1n) is 4.72. The minimum absolute atomic E-state index is 0.120. The van der Waals surface area contributed by atoms with Crippen molar-refractivity contribution in [1.29, 1.82) is 0 Å². The van der Waals surface area contributed by atoms with Crippen LogP contribution < -0.4 is 0 Å². The lowest BCUT2D eigenvalue weighted by atomic mass is 10.1. The normalized spacial score (nSPS) is 10.2. The highest BCUT2D eigenvalue weighted by molar-refractivity contribution is 9.11. The summed E-state index contributed by atoms with van der Waals surface area (Å²) in [6.07, 6.45) is 0. The van der Waals surface area contributed by atoms with Crippen LogP contribution in [0, 0.1) is 0 Å². The molecule has 0 fully saturated rings.